The van der Waals surface area contributed by atoms with Crippen molar-refractivity contribution in [1.82, 2.24) is 9.97 Å². The van der Waals surface area contributed by atoms with Crippen molar-refractivity contribution in [3.63, 3.8) is 0 Å². The Morgan fingerprint density at radius 3 is 2.84 bits per heavy atom. The molecule has 3 rings (SSSR count). The molecule has 19 heavy (non-hydrogen) atoms. The molecule has 4 N–H and O–H groups in total. The number of nitrogens with two attached hydrogens (primary N) is 2. The summed E-state index contributed by atoms with van der Waals surface area (Å²) in [6.45, 7) is 0. The molecule has 2 heterocycles. The van der Waals surface area contributed by atoms with E-state index in [1.165, 1.54) is 17.7 Å². The lowest BCUT2D eigenvalue weighted by Gasteiger charge is -2.07. The molecule has 3 aromatic rings. The first kappa shape index (κ1) is 11.7. The molecular formula is C13H12N4OS. The Hall–Kier alpha value is -2.34. The molecule has 0 aliphatic carbocycles. The number of rotatable bonds is 2. The second kappa shape index (κ2) is 4.40. The van der Waals surface area contributed by atoms with Crippen LogP contribution < -0.4 is 16.2 Å². The van der Waals surface area contributed by atoms with Crippen molar-refractivity contribution in [1.29, 1.82) is 0 Å². The quantitative estimate of drug-likeness (QED) is 0.700. The Kier molecular flexibility index (Phi) is 2.72. The molecule has 0 bridgehead atoms. The summed E-state index contributed by atoms with van der Waals surface area (Å²) in [5.74, 6) is 1.13. The first-order chi connectivity index (χ1) is 9.20. The van der Waals surface area contributed by atoms with Gasteiger partial charge in [-0.15, -0.1) is 11.3 Å². The minimum absolute atomic E-state index is 0.483. The Bertz CT molecular complexity index is 753. The normalized spacial score (nSPS) is 10.8. The molecule has 96 valence electrons. The van der Waals surface area contributed by atoms with Gasteiger partial charge in [0, 0.05) is 10.9 Å². The number of anilines is 2. The number of hydrogen-bond donors (Lipinski definition) is 2. The first-order valence-electron chi connectivity index (χ1n) is 5.62. The molecule has 0 aliphatic heterocycles. The monoisotopic (exact) mass is 272 g/mol. The summed E-state index contributed by atoms with van der Waals surface area (Å²) >= 11 is 1.54. The van der Waals surface area contributed by atoms with Crippen molar-refractivity contribution in [2.75, 3.05) is 18.6 Å². The van der Waals surface area contributed by atoms with Gasteiger partial charge in [-0.25, -0.2) is 9.97 Å². The first-order valence-corrected chi connectivity index (χ1v) is 6.50. The number of ether oxygens (including phenoxy) is 1. The van der Waals surface area contributed by atoms with Crippen LogP contribution >= 0.6 is 11.3 Å². The number of nitrogen functional groups attached to an aromatic ring is 2. The van der Waals surface area contributed by atoms with Crippen LogP contribution in [0.5, 0.6) is 5.75 Å². The number of thiophene rings is 1. The van der Waals surface area contributed by atoms with Gasteiger partial charge in [-0.05, 0) is 17.7 Å². The fraction of sp³-hybridized carbons (Fsp3) is 0.0769. The molecule has 0 fully saturated rings. The topological polar surface area (TPSA) is 87.0 Å². The van der Waals surface area contributed by atoms with Crippen LogP contribution in [0.25, 0.3) is 21.3 Å². The van der Waals surface area contributed by atoms with Gasteiger partial charge in [0.1, 0.15) is 22.7 Å². The van der Waals surface area contributed by atoms with Crippen LogP contribution in [0.1, 0.15) is 0 Å². The van der Waals surface area contributed by atoms with Crippen LogP contribution in [0.2, 0.25) is 0 Å². The minimum Gasteiger partial charge on any atom is -0.495 e. The van der Waals surface area contributed by atoms with E-state index in [0.717, 1.165) is 21.3 Å². The fourth-order valence-corrected chi connectivity index (χ4v) is 2.91. The van der Waals surface area contributed by atoms with Crippen LogP contribution in [-0.4, -0.2) is 17.1 Å². The van der Waals surface area contributed by atoms with Crippen molar-refractivity contribution >= 4 is 33.1 Å². The molecule has 0 saturated heterocycles. The van der Waals surface area contributed by atoms with E-state index in [2.05, 4.69) is 9.97 Å². The van der Waals surface area contributed by atoms with Gasteiger partial charge in [0.2, 0.25) is 0 Å². The molecule has 5 nitrogen and oxygen atoms in total. The Balaban J connectivity index is 2.25. The average Bonchev–Trinajstić information content (AvgIpc) is 2.85. The summed E-state index contributed by atoms with van der Waals surface area (Å²) in [5.41, 5.74) is 14.4. The molecule has 0 unspecified atom stereocenters. The minimum atomic E-state index is 0.483. The molecule has 0 atom stereocenters. The van der Waals surface area contributed by atoms with Crippen LogP contribution in [0, 0.1) is 0 Å². The zero-order valence-electron chi connectivity index (χ0n) is 10.3. The third-order valence-corrected chi connectivity index (χ3v) is 3.83. The zero-order chi connectivity index (χ0) is 13.4. The fourth-order valence-electron chi connectivity index (χ4n) is 1.99. The standard InChI is InChI=1S/C13H12N4OS/c1-18-10-4-7(2-3-9(10)14)8-5-19-13-11(8)12(15)16-6-17-13/h2-6H,14H2,1H3,(H2,15,16,17). The van der Waals surface area contributed by atoms with E-state index in [0.29, 0.717) is 17.3 Å². The molecule has 2 aromatic heterocycles. The predicted octanol–water partition coefficient (Wildman–Crippen LogP) is 2.53. The number of hydrogen-bond acceptors (Lipinski definition) is 6. The number of methoxy groups -OCH3 is 1. The summed E-state index contributed by atoms with van der Waals surface area (Å²) < 4.78 is 5.24. The predicted molar refractivity (Wildman–Crippen MR) is 78.2 cm³/mol. The SMILES string of the molecule is COc1cc(-c2csc3ncnc(N)c23)ccc1N. The van der Waals surface area contributed by atoms with Crippen LogP contribution in [0.15, 0.2) is 29.9 Å². The van der Waals surface area contributed by atoms with Crippen molar-refractivity contribution < 1.29 is 4.74 Å². The maximum atomic E-state index is 5.94. The smallest absolute Gasteiger partial charge is 0.142 e. The largest absolute Gasteiger partial charge is 0.495 e. The lowest BCUT2D eigenvalue weighted by Crippen LogP contribution is -1.94. The van der Waals surface area contributed by atoms with Crippen LogP contribution in [-0.2, 0) is 0 Å². The highest BCUT2D eigenvalue weighted by Crippen LogP contribution is 2.37. The zero-order valence-corrected chi connectivity index (χ0v) is 11.1. The summed E-state index contributed by atoms with van der Waals surface area (Å²) in [5, 5.41) is 2.89. The summed E-state index contributed by atoms with van der Waals surface area (Å²) in [4.78, 5) is 9.14. The summed E-state index contributed by atoms with van der Waals surface area (Å²) in [6, 6.07) is 5.65. The van der Waals surface area contributed by atoms with E-state index >= 15 is 0 Å². The highest BCUT2D eigenvalue weighted by Gasteiger charge is 2.12. The van der Waals surface area contributed by atoms with E-state index in [4.69, 9.17) is 16.2 Å². The van der Waals surface area contributed by atoms with Crippen molar-refractivity contribution in [3.05, 3.63) is 29.9 Å². The van der Waals surface area contributed by atoms with E-state index in [1.807, 2.05) is 23.6 Å². The highest BCUT2D eigenvalue weighted by molar-refractivity contribution is 7.17. The maximum Gasteiger partial charge on any atom is 0.142 e. The molecular weight excluding hydrogens is 260 g/mol. The molecule has 0 amide bonds. The van der Waals surface area contributed by atoms with E-state index in [9.17, 15) is 0 Å². The van der Waals surface area contributed by atoms with Gasteiger partial charge in [0.15, 0.2) is 0 Å². The lowest BCUT2D eigenvalue weighted by molar-refractivity contribution is 0.417. The number of aromatic nitrogens is 2. The van der Waals surface area contributed by atoms with Crippen molar-refractivity contribution in [2.45, 2.75) is 0 Å². The van der Waals surface area contributed by atoms with Gasteiger partial charge >= 0.3 is 0 Å². The second-order valence-electron chi connectivity index (χ2n) is 4.05. The van der Waals surface area contributed by atoms with Crippen LogP contribution in [0.3, 0.4) is 0 Å². The van der Waals surface area contributed by atoms with Crippen LogP contribution in [0.4, 0.5) is 11.5 Å². The average molecular weight is 272 g/mol. The Morgan fingerprint density at radius 1 is 1.21 bits per heavy atom. The third-order valence-electron chi connectivity index (χ3n) is 2.94. The van der Waals surface area contributed by atoms with Crippen molar-refractivity contribution in [2.24, 2.45) is 0 Å². The lowest BCUT2D eigenvalue weighted by atomic mass is 10.1. The number of fused-ring (bicyclic) bond motifs is 1. The Labute approximate surface area is 113 Å². The summed E-state index contributed by atoms with van der Waals surface area (Å²) in [7, 11) is 1.60. The van der Waals surface area contributed by atoms with E-state index < -0.39 is 0 Å². The Morgan fingerprint density at radius 2 is 2.05 bits per heavy atom. The van der Waals surface area contributed by atoms with Gasteiger partial charge in [-0.3, -0.25) is 0 Å². The third kappa shape index (κ3) is 1.86. The van der Waals surface area contributed by atoms with E-state index in [1.54, 1.807) is 7.11 Å². The van der Waals surface area contributed by atoms with Gasteiger partial charge in [0.05, 0.1) is 18.2 Å². The van der Waals surface area contributed by atoms with Gasteiger partial charge in [0.25, 0.3) is 0 Å². The molecule has 0 radical (unpaired) electrons. The number of benzene rings is 1. The summed E-state index contributed by atoms with van der Waals surface area (Å²) in [6.07, 6.45) is 1.47. The number of nitrogens with zero attached hydrogens (tertiary/aromatic N) is 2. The van der Waals surface area contributed by atoms with Gasteiger partial charge < -0.3 is 16.2 Å². The molecule has 0 aliphatic rings. The molecule has 0 spiro atoms. The maximum absolute atomic E-state index is 5.94. The van der Waals surface area contributed by atoms with E-state index in [-0.39, 0.29) is 0 Å². The molecule has 1 aromatic carbocycles. The molecule has 0 saturated carbocycles. The van der Waals surface area contributed by atoms with Crippen molar-refractivity contribution in [3.8, 4) is 16.9 Å². The second-order valence-corrected chi connectivity index (χ2v) is 4.90. The van der Waals surface area contributed by atoms with Gasteiger partial charge in [-0.2, -0.15) is 0 Å². The highest BCUT2D eigenvalue weighted by atomic mass is 32.1. The van der Waals surface area contributed by atoms with Gasteiger partial charge in [-0.1, -0.05) is 6.07 Å². The molecule has 6 heteroatoms.